The third-order valence-electron chi connectivity index (χ3n) is 2.88. The first kappa shape index (κ1) is 11.2. The quantitative estimate of drug-likeness (QED) is 0.590. The topological polar surface area (TPSA) is 23.6 Å². The molecule has 1 fully saturated rings. The SMILES string of the molecule is C=C(F)C(=O)N1CC(C)N(C)C(C)C1. The fourth-order valence-corrected chi connectivity index (χ4v) is 1.74. The number of likely N-dealkylation sites (N-methyl/N-ethyl adjacent to an activating group) is 1. The van der Waals surface area contributed by atoms with Crippen LogP contribution in [0.5, 0.6) is 0 Å². The van der Waals surface area contributed by atoms with Gasteiger partial charge < -0.3 is 4.90 Å². The molecule has 80 valence electrons. The van der Waals surface area contributed by atoms with Crippen LogP contribution in [0.15, 0.2) is 12.4 Å². The first-order valence-corrected chi connectivity index (χ1v) is 4.79. The smallest absolute Gasteiger partial charge is 0.282 e. The fourth-order valence-electron chi connectivity index (χ4n) is 1.74. The van der Waals surface area contributed by atoms with Crippen LogP contribution < -0.4 is 0 Å². The lowest BCUT2D eigenvalue weighted by molar-refractivity contribution is -0.132. The molecule has 1 amide bonds. The highest BCUT2D eigenvalue weighted by molar-refractivity contribution is 5.90. The van der Waals surface area contributed by atoms with Crippen LogP contribution in [-0.4, -0.2) is 47.9 Å². The summed E-state index contributed by atoms with van der Waals surface area (Å²) in [7, 11) is 2.02. The molecule has 1 rings (SSSR count). The minimum absolute atomic E-state index is 0.266. The van der Waals surface area contributed by atoms with Gasteiger partial charge in [0.25, 0.3) is 5.91 Å². The number of hydrogen-bond donors (Lipinski definition) is 0. The van der Waals surface area contributed by atoms with E-state index in [0.717, 1.165) is 0 Å². The number of rotatable bonds is 1. The lowest BCUT2D eigenvalue weighted by Crippen LogP contribution is -2.56. The average molecular weight is 200 g/mol. The van der Waals surface area contributed by atoms with E-state index in [1.54, 1.807) is 0 Å². The van der Waals surface area contributed by atoms with Crippen LogP contribution in [0, 0.1) is 0 Å². The molecule has 0 aromatic rings. The van der Waals surface area contributed by atoms with Crippen LogP contribution >= 0.6 is 0 Å². The van der Waals surface area contributed by atoms with Crippen molar-refractivity contribution in [1.82, 2.24) is 9.80 Å². The zero-order chi connectivity index (χ0) is 10.9. The minimum atomic E-state index is -0.867. The standard InChI is InChI=1S/C10H17FN2O/c1-7-5-13(10(14)9(3)11)6-8(2)12(7)4/h7-8H,3,5-6H2,1-2,4H3. The van der Waals surface area contributed by atoms with Gasteiger partial charge in [-0.15, -0.1) is 0 Å². The Morgan fingerprint density at radius 1 is 1.36 bits per heavy atom. The van der Waals surface area contributed by atoms with Crippen molar-refractivity contribution in [2.45, 2.75) is 25.9 Å². The maximum absolute atomic E-state index is 12.6. The summed E-state index contributed by atoms with van der Waals surface area (Å²) in [5.41, 5.74) is 0. The van der Waals surface area contributed by atoms with Gasteiger partial charge in [0.2, 0.25) is 0 Å². The molecular weight excluding hydrogens is 183 g/mol. The molecule has 2 unspecified atom stereocenters. The van der Waals surface area contributed by atoms with Gasteiger partial charge >= 0.3 is 0 Å². The Morgan fingerprint density at radius 3 is 2.14 bits per heavy atom. The molecule has 0 aromatic carbocycles. The van der Waals surface area contributed by atoms with Crippen LogP contribution in [0.4, 0.5) is 4.39 Å². The molecule has 14 heavy (non-hydrogen) atoms. The summed E-state index contributed by atoms with van der Waals surface area (Å²) in [5, 5.41) is 0. The number of carbonyl (C=O) groups excluding carboxylic acids is 1. The van der Waals surface area contributed by atoms with Gasteiger partial charge in [-0.05, 0) is 20.9 Å². The van der Waals surface area contributed by atoms with Crippen LogP contribution in [0.25, 0.3) is 0 Å². The highest BCUT2D eigenvalue weighted by Gasteiger charge is 2.30. The summed E-state index contributed by atoms with van der Waals surface area (Å²) >= 11 is 0. The third-order valence-corrected chi connectivity index (χ3v) is 2.88. The van der Waals surface area contributed by atoms with Crippen molar-refractivity contribution in [3.8, 4) is 0 Å². The zero-order valence-corrected chi connectivity index (χ0v) is 8.96. The molecule has 0 aromatic heterocycles. The van der Waals surface area contributed by atoms with E-state index in [1.165, 1.54) is 4.90 Å². The summed E-state index contributed by atoms with van der Waals surface area (Å²) in [6.07, 6.45) is 0. The van der Waals surface area contributed by atoms with Crippen molar-refractivity contribution in [1.29, 1.82) is 0 Å². The van der Waals surface area contributed by atoms with E-state index >= 15 is 0 Å². The van der Waals surface area contributed by atoms with E-state index in [4.69, 9.17) is 0 Å². The molecule has 0 radical (unpaired) electrons. The second-order valence-corrected chi connectivity index (χ2v) is 3.98. The largest absolute Gasteiger partial charge is 0.334 e. The molecule has 0 N–H and O–H groups in total. The second kappa shape index (κ2) is 4.09. The van der Waals surface area contributed by atoms with Gasteiger partial charge in [0.1, 0.15) is 0 Å². The zero-order valence-electron chi connectivity index (χ0n) is 8.96. The Bertz CT molecular complexity index is 243. The third kappa shape index (κ3) is 2.12. The first-order valence-electron chi connectivity index (χ1n) is 4.79. The van der Waals surface area contributed by atoms with Crippen LogP contribution in [0.1, 0.15) is 13.8 Å². The van der Waals surface area contributed by atoms with Gasteiger partial charge in [-0.1, -0.05) is 6.58 Å². The molecule has 0 spiro atoms. The van der Waals surface area contributed by atoms with Gasteiger partial charge in [0.15, 0.2) is 5.83 Å². The van der Waals surface area contributed by atoms with Gasteiger partial charge in [0.05, 0.1) is 0 Å². The Labute approximate surface area is 84.2 Å². The summed E-state index contributed by atoms with van der Waals surface area (Å²) in [6, 6.07) is 0.532. The molecule has 3 nitrogen and oxygen atoms in total. The Balaban J connectivity index is 2.67. The average Bonchev–Trinajstić information content (AvgIpc) is 2.12. The van der Waals surface area contributed by atoms with Crippen molar-refractivity contribution < 1.29 is 9.18 Å². The van der Waals surface area contributed by atoms with Crippen LogP contribution in [0.3, 0.4) is 0 Å². The number of nitrogens with zero attached hydrogens (tertiary/aromatic N) is 2. The van der Waals surface area contributed by atoms with Crippen molar-refractivity contribution in [3.63, 3.8) is 0 Å². The van der Waals surface area contributed by atoms with Crippen molar-refractivity contribution in [2.75, 3.05) is 20.1 Å². The molecule has 0 bridgehead atoms. The second-order valence-electron chi connectivity index (χ2n) is 3.98. The number of piperazine rings is 1. The molecule has 1 saturated heterocycles. The lowest BCUT2D eigenvalue weighted by Gasteiger charge is -2.42. The predicted octanol–water partition coefficient (Wildman–Crippen LogP) is 1.02. The molecule has 1 aliphatic heterocycles. The molecule has 0 saturated carbocycles. The van der Waals surface area contributed by atoms with Crippen molar-refractivity contribution in [2.24, 2.45) is 0 Å². The maximum Gasteiger partial charge on any atom is 0.282 e. The summed E-state index contributed by atoms with van der Waals surface area (Å²) in [4.78, 5) is 15.0. The highest BCUT2D eigenvalue weighted by Crippen LogP contribution is 2.15. The fraction of sp³-hybridized carbons (Fsp3) is 0.700. The van der Waals surface area contributed by atoms with E-state index in [0.29, 0.717) is 13.1 Å². The van der Waals surface area contributed by atoms with E-state index in [-0.39, 0.29) is 12.1 Å². The predicted molar refractivity (Wildman–Crippen MR) is 53.5 cm³/mol. The number of carbonyl (C=O) groups is 1. The highest BCUT2D eigenvalue weighted by atomic mass is 19.1. The Kier molecular flexibility index (Phi) is 3.26. The van der Waals surface area contributed by atoms with Gasteiger partial charge in [-0.25, -0.2) is 4.39 Å². The number of halogens is 1. The molecular formula is C10H17FN2O. The molecule has 4 heteroatoms. The number of hydrogen-bond acceptors (Lipinski definition) is 2. The van der Waals surface area contributed by atoms with Crippen LogP contribution in [0.2, 0.25) is 0 Å². The molecule has 1 heterocycles. The lowest BCUT2D eigenvalue weighted by atomic mass is 10.1. The van der Waals surface area contributed by atoms with E-state index in [2.05, 4.69) is 11.5 Å². The molecule has 2 atom stereocenters. The van der Waals surface area contributed by atoms with Gasteiger partial charge in [-0.3, -0.25) is 9.69 Å². The monoisotopic (exact) mass is 200 g/mol. The molecule has 0 aliphatic carbocycles. The van der Waals surface area contributed by atoms with Crippen molar-refractivity contribution in [3.05, 3.63) is 12.4 Å². The normalized spacial score (nSPS) is 29.0. The maximum atomic E-state index is 12.6. The summed E-state index contributed by atoms with van der Waals surface area (Å²) in [5.74, 6) is -1.44. The summed E-state index contributed by atoms with van der Waals surface area (Å²) < 4.78 is 12.6. The van der Waals surface area contributed by atoms with Crippen LogP contribution in [-0.2, 0) is 4.79 Å². The van der Waals surface area contributed by atoms with Crippen molar-refractivity contribution >= 4 is 5.91 Å². The van der Waals surface area contributed by atoms with E-state index < -0.39 is 11.7 Å². The van der Waals surface area contributed by atoms with Gasteiger partial charge in [-0.2, -0.15) is 0 Å². The van der Waals surface area contributed by atoms with Gasteiger partial charge in [0, 0.05) is 25.2 Å². The first-order chi connectivity index (χ1) is 6.43. The van der Waals surface area contributed by atoms with E-state index in [9.17, 15) is 9.18 Å². The Hall–Kier alpha value is -0.900. The molecule has 1 aliphatic rings. The Morgan fingerprint density at radius 2 is 1.79 bits per heavy atom. The summed E-state index contributed by atoms with van der Waals surface area (Å²) in [6.45, 7) is 8.22. The van der Waals surface area contributed by atoms with E-state index in [1.807, 2.05) is 20.9 Å². The number of amides is 1. The minimum Gasteiger partial charge on any atom is -0.334 e.